The van der Waals surface area contributed by atoms with E-state index in [1.807, 2.05) is 6.92 Å². The van der Waals surface area contributed by atoms with Crippen LogP contribution in [0.25, 0.3) is 0 Å². The highest BCUT2D eigenvalue weighted by Gasteiger charge is 2.14. The summed E-state index contributed by atoms with van der Waals surface area (Å²) in [4.78, 5) is 0. The molecular formula is C10H14FNO. The number of hydrogen-bond acceptors (Lipinski definition) is 2. The summed E-state index contributed by atoms with van der Waals surface area (Å²) in [5.74, 6) is 0.225. The number of rotatable bonds is 3. The van der Waals surface area contributed by atoms with Crippen molar-refractivity contribution in [2.24, 2.45) is 5.73 Å². The van der Waals surface area contributed by atoms with Gasteiger partial charge in [-0.15, -0.1) is 0 Å². The van der Waals surface area contributed by atoms with Gasteiger partial charge in [0.2, 0.25) is 0 Å². The fourth-order valence-corrected chi connectivity index (χ4v) is 1.26. The highest BCUT2D eigenvalue weighted by atomic mass is 19.1. The summed E-state index contributed by atoms with van der Waals surface area (Å²) in [6, 6.07) is 4.43. The van der Waals surface area contributed by atoms with Gasteiger partial charge in [-0.25, -0.2) is 4.39 Å². The smallest absolute Gasteiger partial charge is 0.131 e. The van der Waals surface area contributed by atoms with Gasteiger partial charge in [0.1, 0.15) is 11.6 Å². The molecule has 0 heterocycles. The Morgan fingerprint density at radius 2 is 2.23 bits per heavy atom. The molecule has 0 bridgehead atoms. The third-order valence-corrected chi connectivity index (χ3v) is 2.04. The van der Waals surface area contributed by atoms with Crippen LogP contribution in [0.5, 0.6) is 5.75 Å². The molecule has 1 aromatic carbocycles. The Morgan fingerprint density at radius 3 is 2.77 bits per heavy atom. The van der Waals surface area contributed by atoms with Crippen LogP contribution in [0, 0.1) is 5.82 Å². The van der Waals surface area contributed by atoms with Crippen molar-refractivity contribution in [3.63, 3.8) is 0 Å². The molecule has 0 aromatic heterocycles. The maximum absolute atomic E-state index is 13.3. The first-order valence-corrected chi connectivity index (χ1v) is 4.28. The number of ether oxygens (including phenoxy) is 1. The summed E-state index contributed by atoms with van der Waals surface area (Å²) in [5, 5.41) is 0. The molecule has 1 atom stereocenters. The highest BCUT2D eigenvalue weighted by Crippen LogP contribution is 2.27. The lowest BCUT2D eigenvalue weighted by atomic mass is 10.0. The molecule has 0 aliphatic carbocycles. The summed E-state index contributed by atoms with van der Waals surface area (Å²) in [7, 11) is 1.51. The van der Waals surface area contributed by atoms with E-state index in [0.29, 0.717) is 17.7 Å². The quantitative estimate of drug-likeness (QED) is 0.780. The van der Waals surface area contributed by atoms with Gasteiger partial charge in [0.25, 0.3) is 0 Å². The van der Waals surface area contributed by atoms with Crippen LogP contribution >= 0.6 is 0 Å². The molecule has 0 aliphatic heterocycles. The lowest BCUT2D eigenvalue weighted by Gasteiger charge is -2.14. The van der Waals surface area contributed by atoms with Crippen molar-refractivity contribution in [2.75, 3.05) is 7.11 Å². The minimum absolute atomic E-state index is 0.295. The van der Waals surface area contributed by atoms with Crippen molar-refractivity contribution in [2.45, 2.75) is 19.4 Å². The first kappa shape index (κ1) is 9.99. The van der Waals surface area contributed by atoms with Gasteiger partial charge in [-0.3, -0.25) is 0 Å². The SMILES string of the molecule is CCC(N)c1c(F)cccc1OC. The van der Waals surface area contributed by atoms with E-state index >= 15 is 0 Å². The van der Waals surface area contributed by atoms with Gasteiger partial charge in [-0.2, -0.15) is 0 Å². The van der Waals surface area contributed by atoms with Crippen molar-refractivity contribution in [1.29, 1.82) is 0 Å². The zero-order valence-corrected chi connectivity index (χ0v) is 7.88. The standard InChI is InChI=1S/C10H14FNO/c1-3-8(12)10-7(11)5-4-6-9(10)13-2/h4-6,8H,3,12H2,1-2H3. The maximum Gasteiger partial charge on any atom is 0.131 e. The summed E-state index contributed by atoms with van der Waals surface area (Å²) < 4.78 is 18.3. The molecule has 2 N–H and O–H groups in total. The van der Waals surface area contributed by atoms with E-state index in [0.717, 1.165) is 0 Å². The summed E-state index contributed by atoms with van der Waals surface area (Å²) in [6.45, 7) is 1.91. The van der Waals surface area contributed by atoms with Crippen LogP contribution in [0.3, 0.4) is 0 Å². The van der Waals surface area contributed by atoms with Gasteiger partial charge in [0.05, 0.1) is 7.11 Å². The molecule has 0 amide bonds. The largest absolute Gasteiger partial charge is 0.496 e. The lowest BCUT2D eigenvalue weighted by Crippen LogP contribution is -2.12. The van der Waals surface area contributed by atoms with Gasteiger partial charge in [-0.1, -0.05) is 13.0 Å². The fraction of sp³-hybridized carbons (Fsp3) is 0.400. The van der Waals surface area contributed by atoms with Crippen molar-refractivity contribution in [3.8, 4) is 5.75 Å². The predicted octanol–water partition coefficient (Wildman–Crippen LogP) is 2.24. The number of benzene rings is 1. The summed E-state index contributed by atoms with van der Waals surface area (Å²) in [6.07, 6.45) is 0.692. The van der Waals surface area contributed by atoms with E-state index in [1.165, 1.54) is 13.2 Å². The average Bonchev–Trinajstić information content (AvgIpc) is 2.16. The van der Waals surface area contributed by atoms with Crippen LogP contribution in [-0.2, 0) is 0 Å². The third-order valence-electron chi connectivity index (χ3n) is 2.04. The number of hydrogen-bond donors (Lipinski definition) is 1. The molecule has 72 valence electrons. The monoisotopic (exact) mass is 183 g/mol. The molecule has 13 heavy (non-hydrogen) atoms. The summed E-state index contributed by atoms with van der Waals surface area (Å²) in [5.41, 5.74) is 6.22. The molecule has 0 spiro atoms. The van der Waals surface area contributed by atoms with E-state index in [1.54, 1.807) is 12.1 Å². The fourth-order valence-electron chi connectivity index (χ4n) is 1.26. The molecule has 1 unspecified atom stereocenters. The van der Waals surface area contributed by atoms with Crippen LogP contribution in [-0.4, -0.2) is 7.11 Å². The normalized spacial score (nSPS) is 12.6. The van der Waals surface area contributed by atoms with Crippen molar-refractivity contribution < 1.29 is 9.13 Å². The van der Waals surface area contributed by atoms with E-state index in [9.17, 15) is 4.39 Å². The highest BCUT2D eigenvalue weighted by molar-refractivity contribution is 5.36. The molecule has 0 radical (unpaired) electrons. The molecule has 2 nitrogen and oxygen atoms in total. The Balaban J connectivity index is 3.14. The second-order valence-corrected chi connectivity index (χ2v) is 2.87. The second-order valence-electron chi connectivity index (χ2n) is 2.87. The minimum Gasteiger partial charge on any atom is -0.496 e. The number of halogens is 1. The van der Waals surface area contributed by atoms with Crippen molar-refractivity contribution in [1.82, 2.24) is 0 Å². The average molecular weight is 183 g/mol. The van der Waals surface area contributed by atoms with Crippen LogP contribution in [0.4, 0.5) is 4.39 Å². The van der Waals surface area contributed by atoms with Crippen LogP contribution in [0.15, 0.2) is 18.2 Å². The Morgan fingerprint density at radius 1 is 1.54 bits per heavy atom. The summed E-state index contributed by atoms with van der Waals surface area (Å²) >= 11 is 0. The topological polar surface area (TPSA) is 35.2 Å². The predicted molar refractivity (Wildman–Crippen MR) is 50.2 cm³/mol. The zero-order chi connectivity index (χ0) is 9.84. The van der Waals surface area contributed by atoms with Crippen molar-refractivity contribution >= 4 is 0 Å². The maximum atomic E-state index is 13.3. The second kappa shape index (κ2) is 4.23. The first-order chi connectivity index (χ1) is 6.20. The van der Waals surface area contributed by atoms with Gasteiger partial charge < -0.3 is 10.5 Å². The molecule has 0 saturated heterocycles. The molecule has 0 saturated carbocycles. The van der Waals surface area contributed by atoms with E-state index in [-0.39, 0.29) is 11.9 Å². The zero-order valence-electron chi connectivity index (χ0n) is 7.88. The molecule has 1 aromatic rings. The Hall–Kier alpha value is -1.09. The number of nitrogens with two attached hydrogens (primary N) is 1. The minimum atomic E-state index is -0.297. The molecular weight excluding hydrogens is 169 g/mol. The van der Waals surface area contributed by atoms with E-state index in [4.69, 9.17) is 10.5 Å². The molecule has 1 rings (SSSR count). The van der Waals surface area contributed by atoms with E-state index in [2.05, 4.69) is 0 Å². The molecule has 0 aliphatic rings. The molecule has 0 fully saturated rings. The van der Waals surface area contributed by atoms with Gasteiger partial charge >= 0.3 is 0 Å². The Labute approximate surface area is 77.5 Å². The van der Waals surface area contributed by atoms with Gasteiger partial charge in [0, 0.05) is 11.6 Å². The van der Waals surface area contributed by atoms with E-state index < -0.39 is 0 Å². The van der Waals surface area contributed by atoms with Gasteiger partial charge in [-0.05, 0) is 18.6 Å². The van der Waals surface area contributed by atoms with Crippen molar-refractivity contribution in [3.05, 3.63) is 29.6 Å². The number of methoxy groups -OCH3 is 1. The van der Waals surface area contributed by atoms with Gasteiger partial charge in [0.15, 0.2) is 0 Å². The first-order valence-electron chi connectivity index (χ1n) is 4.28. The third kappa shape index (κ3) is 1.98. The van der Waals surface area contributed by atoms with Crippen LogP contribution in [0.1, 0.15) is 24.9 Å². The molecule has 3 heteroatoms. The Bertz CT molecular complexity index is 288. The Kier molecular flexibility index (Phi) is 3.25. The van der Waals surface area contributed by atoms with Crippen LogP contribution in [0.2, 0.25) is 0 Å². The van der Waals surface area contributed by atoms with Crippen LogP contribution < -0.4 is 10.5 Å². The lowest BCUT2D eigenvalue weighted by molar-refractivity contribution is 0.398.